The largest absolute Gasteiger partial charge is 0.335 e. The number of amides is 2. The van der Waals surface area contributed by atoms with Gasteiger partial charge in [0.1, 0.15) is 0 Å². The predicted octanol–water partition coefficient (Wildman–Crippen LogP) is 2.80. The summed E-state index contributed by atoms with van der Waals surface area (Å²) in [7, 11) is 0. The molecule has 7 heteroatoms. The van der Waals surface area contributed by atoms with Gasteiger partial charge >= 0.3 is 0 Å². The van der Waals surface area contributed by atoms with Crippen LogP contribution in [0, 0.1) is 0 Å². The molecule has 1 N–H and O–H groups in total. The van der Waals surface area contributed by atoms with E-state index in [-0.39, 0.29) is 11.8 Å². The Morgan fingerprint density at radius 1 is 1.08 bits per heavy atom. The van der Waals surface area contributed by atoms with E-state index >= 15 is 0 Å². The number of thiophene rings is 1. The van der Waals surface area contributed by atoms with Crippen LogP contribution in [-0.4, -0.2) is 54.3 Å². The fourth-order valence-corrected chi connectivity index (χ4v) is 3.42. The van der Waals surface area contributed by atoms with Crippen LogP contribution in [0.2, 0.25) is 5.02 Å². The summed E-state index contributed by atoms with van der Waals surface area (Å²) in [5, 5.41) is 5.40. The molecule has 24 heavy (non-hydrogen) atoms. The van der Waals surface area contributed by atoms with E-state index in [1.807, 2.05) is 22.4 Å². The molecule has 2 aromatic rings. The Labute approximate surface area is 149 Å². The summed E-state index contributed by atoms with van der Waals surface area (Å²) in [6, 6.07) is 10.8. The van der Waals surface area contributed by atoms with Crippen LogP contribution in [-0.2, 0) is 4.79 Å². The van der Waals surface area contributed by atoms with E-state index in [4.69, 9.17) is 11.6 Å². The number of nitrogens with one attached hydrogen (secondary N) is 1. The number of benzene rings is 1. The van der Waals surface area contributed by atoms with Gasteiger partial charge in [0, 0.05) is 36.9 Å². The molecule has 1 aliphatic heterocycles. The molecule has 1 aromatic carbocycles. The van der Waals surface area contributed by atoms with Crippen molar-refractivity contribution in [3.63, 3.8) is 0 Å². The van der Waals surface area contributed by atoms with Crippen molar-refractivity contribution in [1.82, 2.24) is 9.80 Å². The van der Waals surface area contributed by atoms with Crippen molar-refractivity contribution in [2.75, 3.05) is 38.0 Å². The molecule has 0 atom stereocenters. The molecule has 1 fully saturated rings. The highest BCUT2D eigenvalue weighted by atomic mass is 35.5. The van der Waals surface area contributed by atoms with Gasteiger partial charge in [-0.2, -0.15) is 0 Å². The Bertz CT molecular complexity index is 695. The summed E-state index contributed by atoms with van der Waals surface area (Å²) in [6.07, 6.45) is 0. The second kappa shape index (κ2) is 7.79. The minimum Gasteiger partial charge on any atom is -0.335 e. The molecule has 0 saturated carbocycles. The van der Waals surface area contributed by atoms with Crippen molar-refractivity contribution in [1.29, 1.82) is 0 Å². The SMILES string of the molecule is O=C(CN1CCN(C(=O)c2cccs2)CC1)Nc1ccc(Cl)cc1. The first-order chi connectivity index (χ1) is 11.6. The highest BCUT2D eigenvalue weighted by Crippen LogP contribution is 2.15. The second-order valence-corrected chi connectivity index (χ2v) is 6.98. The van der Waals surface area contributed by atoms with E-state index in [9.17, 15) is 9.59 Å². The number of carbonyl (C=O) groups is 2. The molecule has 126 valence electrons. The minimum atomic E-state index is -0.0599. The molecule has 1 saturated heterocycles. The van der Waals surface area contributed by atoms with Gasteiger partial charge in [-0.25, -0.2) is 0 Å². The maximum absolute atomic E-state index is 12.3. The average molecular weight is 364 g/mol. The highest BCUT2D eigenvalue weighted by molar-refractivity contribution is 7.12. The molecule has 2 heterocycles. The van der Waals surface area contributed by atoms with E-state index in [1.54, 1.807) is 24.3 Å². The lowest BCUT2D eigenvalue weighted by atomic mass is 10.2. The number of hydrogen-bond donors (Lipinski definition) is 1. The molecule has 2 amide bonds. The lowest BCUT2D eigenvalue weighted by Gasteiger charge is -2.34. The summed E-state index contributed by atoms with van der Waals surface area (Å²) < 4.78 is 0. The van der Waals surface area contributed by atoms with Crippen LogP contribution in [0.25, 0.3) is 0 Å². The first-order valence-electron chi connectivity index (χ1n) is 7.72. The maximum Gasteiger partial charge on any atom is 0.264 e. The smallest absolute Gasteiger partial charge is 0.264 e. The van der Waals surface area contributed by atoms with Crippen molar-refractivity contribution in [3.05, 3.63) is 51.7 Å². The van der Waals surface area contributed by atoms with E-state index < -0.39 is 0 Å². The molecule has 3 rings (SSSR count). The number of carbonyl (C=O) groups excluding carboxylic acids is 2. The summed E-state index contributed by atoms with van der Waals surface area (Å²) >= 11 is 7.29. The molecule has 0 unspecified atom stereocenters. The number of nitrogens with zero attached hydrogens (tertiary/aromatic N) is 2. The molecule has 0 spiro atoms. The minimum absolute atomic E-state index is 0.0599. The fourth-order valence-electron chi connectivity index (χ4n) is 2.60. The third-order valence-electron chi connectivity index (χ3n) is 3.89. The van der Waals surface area contributed by atoms with Crippen molar-refractivity contribution in [3.8, 4) is 0 Å². The first kappa shape index (κ1) is 17.0. The molecule has 1 aromatic heterocycles. The summed E-state index contributed by atoms with van der Waals surface area (Å²) in [6.45, 7) is 3.01. The number of halogens is 1. The third kappa shape index (κ3) is 4.35. The third-order valence-corrected chi connectivity index (χ3v) is 5.00. The van der Waals surface area contributed by atoms with Crippen LogP contribution in [0.3, 0.4) is 0 Å². The molecule has 5 nitrogen and oxygen atoms in total. The van der Waals surface area contributed by atoms with Gasteiger partial charge in [0.2, 0.25) is 5.91 Å². The highest BCUT2D eigenvalue weighted by Gasteiger charge is 2.23. The van der Waals surface area contributed by atoms with Crippen LogP contribution in [0.1, 0.15) is 9.67 Å². The molecular weight excluding hydrogens is 346 g/mol. The standard InChI is InChI=1S/C17H18ClN3O2S/c18-13-3-5-14(6-4-13)19-16(22)12-20-7-9-21(10-8-20)17(23)15-2-1-11-24-15/h1-6,11H,7-10,12H2,(H,19,22). The van der Waals surface area contributed by atoms with Crippen LogP contribution in [0.5, 0.6) is 0 Å². The first-order valence-corrected chi connectivity index (χ1v) is 8.98. The van der Waals surface area contributed by atoms with Gasteiger partial charge in [0.15, 0.2) is 0 Å². The normalized spacial score (nSPS) is 15.3. The second-order valence-electron chi connectivity index (χ2n) is 5.60. The predicted molar refractivity (Wildman–Crippen MR) is 96.7 cm³/mol. The van der Waals surface area contributed by atoms with Gasteiger partial charge in [0.25, 0.3) is 5.91 Å². The van der Waals surface area contributed by atoms with Crippen LogP contribution in [0.15, 0.2) is 41.8 Å². The maximum atomic E-state index is 12.3. The Morgan fingerprint density at radius 2 is 1.79 bits per heavy atom. The zero-order valence-corrected chi connectivity index (χ0v) is 14.6. The van der Waals surface area contributed by atoms with Gasteiger partial charge in [-0.1, -0.05) is 17.7 Å². The van der Waals surface area contributed by atoms with Crippen molar-refractivity contribution >= 4 is 40.4 Å². The van der Waals surface area contributed by atoms with E-state index in [1.165, 1.54) is 11.3 Å². The van der Waals surface area contributed by atoms with E-state index in [2.05, 4.69) is 10.2 Å². The average Bonchev–Trinajstić information content (AvgIpc) is 3.11. The van der Waals surface area contributed by atoms with Crippen molar-refractivity contribution < 1.29 is 9.59 Å². The molecule has 0 radical (unpaired) electrons. The lowest BCUT2D eigenvalue weighted by molar-refractivity contribution is -0.117. The molecule has 0 bridgehead atoms. The Hall–Kier alpha value is -1.89. The van der Waals surface area contributed by atoms with Gasteiger partial charge < -0.3 is 10.2 Å². The zero-order chi connectivity index (χ0) is 16.9. The van der Waals surface area contributed by atoms with Crippen LogP contribution >= 0.6 is 22.9 Å². The fraction of sp³-hybridized carbons (Fsp3) is 0.294. The van der Waals surface area contributed by atoms with E-state index in [0.29, 0.717) is 37.7 Å². The van der Waals surface area contributed by atoms with Gasteiger partial charge in [-0.05, 0) is 35.7 Å². The topological polar surface area (TPSA) is 52.7 Å². The number of piperazine rings is 1. The number of rotatable bonds is 4. The van der Waals surface area contributed by atoms with Gasteiger partial charge in [-0.3, -0.25) is 14.5 Å². The Kier molecular flexibility index (Phi) is 5.50. The number of anilines is 1. The summed E-state index contributed by atoms with van der Waals surface area (Å²) in [5.41, 5.74) is 0.732. The molecule has 1 aliphatic rings. The van der Waals surface area contributed by atoms with Crippen LogP contribution < -0.4 is 5.32 Å². The van der Waals surface area contributed by atoms with Crippen molar-refractivity contribution in [2.24, 2.45) is 0 Å². The molecular formula is C17H18ClN3O2S. The number of hydrogen-bond acceptors (Lipinski definition) is 4. The van der Waals surface area contributed by atoms with Crippen LogP contribution in [0.4, 0.5) is 5.69 Å². The quantitative estimate of drug-likeness (QED) is 0.908. The van der Waals surface area contributed by atoms with Gasteiger partial charge in [0.05, 0.1) is 11.4 Å². The monoisotopic (exact) mass is 363 g/mol. The lowest BCUT2D eigenvalue weighted by Crippen LogP contribution is -2.50. The van der Waals surface area contributed by atoms with Crippen molar-refractivity contribution in [2.45, 2.75) is 0 Å². The zero-order valence-electron chi connectivity index (χ0n) is 13.1. The summed E-state index contributed by atoms with van der Waals surface area (Å²) in [4.78, 5) is 29.1. The van der Waals surface area contributed by atoms with Gasteiger partial charge in [-0.15, -0.1) is 11.3 Å². The summed E-state index contributed by atoms with van der Waals surface area (Å²) in [5.74, 6) is 0.0191. The molecule has 0 aliphatic carbocycles. The van der Waals surface area contributed by atoms with E-state index in [0.717, 1.165) is 10.6 Å². The Balaban J connectivity index is 1.46. The Morgan fingerprint density at radius 3 is 2.42 bits per heavy atom.